The van der Waals surface area contributed by atoms with Crippen molar-refractivity contribution in [2.75, 3.05) is 9.44 Å². The van der Waals surface area contributed by atoms with Gasteiger partial charge in [-0.1, -0.05) is 59.7 Å². The highest BCUT2D eigenvalue weighted by molar-refractivity contribution is 7.93. The molecule has 0 heterocycles. The van der Waals surface area contributed by atoms with E-state index >= 15 is 0 Å². The molecule has 0 unspecified atom stereocenters. The van der Waals surface area contributed by atoms with Crippen molar-refractivity contribution in [2.45, 2.75) is 23.6 Å². The Morgan fingerprint density at radius 2 is 0.868 bits per heavy atom. The van der Waals surface area contributed by atoms with Crippen LogP contribution in [0, 0.1) is 13.8 Å². The van der Waals surface area contributed by atoms with E-state index in [0.717, 1.165) is 11.1 Å². The summed E-state index contributed by atoms with van der Waals surface area (Å²) in [4.78, 5) is 27.2. The number of nitrogens with one attached hydrogen (secondary N) is 2. The summed E-state index contributed by atoms with van der Waals surface area (Å²) in [5, 5.41) is 0. The van der Waals surface area contributed by atoms with Gasteiger partial charge in [-0.15, -0.1) is 0 Å². The molecule has 0 fully saturated rings. The quantitative estimate of drug-likeness (QED) is 0.318. The van der Waals surface area contributed by atoms with Gasteiger partial charge in [-0.2, -0.15) is 0 Å². The van der Waals surface area contributed by atoms with E-state index in [1.165, 1.54) is 60.7 Å². The molecule has 10 heteroatoms. The molecule has 2 N–H and O–H groups in total. The molecule has 0 atom stereocenters. The van der Waals surface area contributed by atoms with E-state index in [1.807, 2.05) is 13.8 Å². The maximum Gasteiger partial charge on any atom is 0.261 e. The molecule has 0 bridgehead atoms. The zero-order valence-electron chi connectivity index (χ0n) is 20.3. The normalized spacial score (nSPS) is 13.0. The van der Waals surface area contributed by atoms with Gasteiger partial charge >= 0.3 is 0 Å². The first-order valence-electron chi connectivity index (χ1n) is 11.5. The maximum absolute atomic E-state index is 13.8. The Balaban J connectivity index is 1.58. The van der Waals surface area contributed by atoms with Gasteiger partial charge in [0.15, 0.2) is 11.6 Å². The molecule has 1 aliphatic rings. The number of hydrogen-bond donors (Lipinski definition) is 2. The average Bonchev–Trinajstić information content (AvgIpc) is 2.87. The lowest BCUT2D eigenvalue weighted by atomic mass is 9.82. The van der Waals surface area contributed by atoms with Crippen LogP contribution < -0.4 is 9.44 Å². The van der Waals surface area contributed by atoms with Crippen LogP contribution in [-0.2, 0) is 20.0 Å². The Kier molecular flexibility index (Phi) is 6.16. The van der Waals surface area contributed by atoms with Gasteiger partial charge in [-0.05, 0) is 50.2 Å². The molecule has 0 aliphatic heterocycles. The molecule has 0 aromatic heterocycles. The summed E-state index contributed by atoms with van der Waals surface area (Å²) in [6.07, 6.45) is 0. The van der Waals surface area contributed by atoms with Crippen LogP contribution in [0.5, 0.6) is 0 Å². The molecule has 192 valence electrons. The Hall–Kier alpha value is -4.28. The van der Waals surface area contributed by atoms with E-state index in [4.69, 9.17) is 0 Å². The number of ketones is 2. The Morgan fingerprint density at radius 1 is 0.500 bits per heavy atom. The van der Waals surface area contributed by atoms with E-state index in [9.17, 15) is 26.4 Å². The van der Waals surface area contributed by atoms with Crippen molar-refractivity contribution >= 4 is 43.0 Å². The Morgan fingerprint density at radius 3 is 1.24 bits per heavy atom. The van der Waals surface area contributed by atoms with E-state index < -0.39 is 31.6 Å². The maximum atomic E-state index is 13.8. The molecule has 4 aromatic rings. The number of fused-ring (bicyclic) bond motifs is 2. The van der Waals surface area contributed by atoms with Crippen molar-refractivity contribution in [3.05, 3.63) is 118 Å². The number of aryl methyl sites for hydroxylation is 2. The topological polar surface area (TPSA) is 126 Å². The fourth-order valence-electron chi connectivity index (χ4n) is 4.25. The Labute approximate surface area is 220 Å². The summed E-state index contributed by atoms with van der Waals surface area (Å²) in [7, 11) is -8.17. The van der Waals surface area contributed by atoms with Crippen molar-refractivity contribution in [3.63, 3.8) is 0 Å². The lowest BCUT2D eigenvalue weighted by molar-refractivity contribution is 0.0980. The van der Waals surface area contributed by atoms with E-state index in [0.29, 0.717) is 0 Å². The SMILES string of the molecule is Cc1ccc(S(=O)(=O)Nc2cccc3c2C(=O)c2c(NS(=O)(=O)c4ccc(C)cc4)cccc2C3=O)cc1. The summed E-state index contributed by atoms with van der Waals surface area (Å²) in [5.41, 5.74) is 1.32. The molecule has 1 aliphatic carbocycles. The van der Waals surface area contributed by atoms with Gasteiger partial charge in [0.2, 0.25) is 0 Å². The molecule has 5 rings (SSSR count). The second-order valence-corrected chi connectivity index (χ2v) is 12.3. The van der Waals surface area contributed by atoms with Crippen LogP contribution in [-0.4, -0.2) is 28.4 Å². The molecule has 8 nitrogen and oxygen atoms in total. The number of hydrogen-bond acceptors (Lipinski definition) is 6. The smallest absolute Gasteiger partial charge is 0.261 e. The summed E-state index contributed by atoms with van der Waals surface area (Å²) >= 11 is 0. The molecule has 0 amide bonds. The molecule has 4 aromatic carbocycles. The van der Waals surface area contributed by atoms with Gasteiger partial charge in [-0.25, -0.2) is 16.8 Å². The summed E-state index contributed by atoms with van der Waals surface area (Å²) in [5.74, 6) is -1.21. The highest BCUT2D eigenvalue weighted by Gasteiger charge is 2.35. The van der Waals surface area contributed by atoms with Crippen LogP contribution in [0.1, 0.15) is 43.0 Å². The first-order chi connectivity index (χ1) is 18.0. The third-order valence-electron chi connectivity index (χ3n) is 6.22. The van der Waals surface area contributed by atoms with Crippen LogP contribution in [0.4, 0.5) is 11.4 Å². The minimum atomic E-state index is -4.09. The number of sulfonamides is 2. The summed E-state index contributed by atoms with van der Waals surface area (Å²) in [6.45, 7) is 3.65. The highest BCUT2D eigenvalue weighted by atomic mass is 32.2. The summed E-state index contributed by atoms with van der Waals surface area (Å²) < 4.78 is 57.1. The zero-order valence-corrected chi connectivity index (χ0v) is 22.0. The van der Waals surface area contributed by atoms with Crippen LogP contribution in [0.25, 0.3) is 0 Å². The second kappa shape index (κ2) is 9.23. The molecule has 0 spiro atoms. The number of rotatable bonds is 6. The Bertz CT molecular complexity index is 1690. The molecule has 38 heavy (non-hydrogen) atoms. The third-order valence-corrected chi connectivity index (χ3v) is 8.99. The van der Waals surface area contributed by atoms with Gasteiger partial charge in [-0.3, -0.25) is 19.0 Å². The fraction of sp³-hybridized carbons (Fsp3) is 0.0714. The van der Waals surface area contributed by atoms with Gasteiger partial charge in [0.25, 0.3) is 20.0 Å². The molecular weight excluding hydrogens is 524 g/mol. The van der Waals surface area contributed by atoms with Crippen molar-refractivity contribution in [2.24, 2.45) is 0 Å². The minimum Gasteiger partial charge on any atom is -0.289 e. The number of carbonyl (C=O) groups is 2. The standard InChI is InChI=1S/C28H22N2O6S2/c1-17-9-13-19(14-10-17)37(33,34)29-23-7-3-5-21-25(23)28(32)26-22(27(21)31)6-4-8-24(26)30-38(35,36)20-15-11-18(2)12-16-20/h3-16,29-30H,1-2H3. The molecule has 0 saturated carbocycles. The molecule has 0 saturated heterocycles. The number of anilines is 2. The van der Waals surface area contributed by atoms with E-state index in [2.05, 4.69) is 9.44 Å². The fourth-order valence-corrected chi connectivity index (χ4v) is 6.40. The first kappa shape index (κ1) is 25.4. The average molecular weight is 547 g/mol. The third kappa shape index (κ3) is 4.48. The second-order valence-electron chi connectivity index (χ2n) is 8.95. The zero-order chi connectivity index (χ0) is 27.2. The van der Waals surface area contributed by atoms with Gasteiger partial charge in [0, 0.05) is 11.1 Å². The van der Waals surface area contributed by atoms with Gasteiger partial charge in [0.05, 0.1) is 32.3 Å². The number of benzene rings is 4. The van der Waals surface area contributed by atoms with E-state index in [-0.39, 0.29) is 43.4 Å². The van der Waals surface area contributed by atoms with Crippen LogP contribution in [0.3, 0.4) is 0 Å². The summed E-state index contributed by atoms with van der Waals surface area (Å²) in [6, 6.07) is 20.9. The highest BCUT2D eigenvalue weighted by Crippen LogP contribution is 2.37. The predicted molar refractivity (Wildman–Crippen MR) is 144 cm³/mol. The van der Waals surface area contributed by atoms with Crippen molar-refractivity contribution in [1.82, 2.24) is 0 Å². The minimum absolute atomic E-state index is 0.0118. The first-order valence-corrected chi connectivity index (χ1v) is 14.5. The van der Waals surface area contributed by atoms with Crippen LogP contribution in [0.15, 0.2) is 94.7 Å². The van der Waals surface area contributed by atoms with Crippen LogP contribution in [0.2, 0.25) is 0 Å². The van der Waals surface area contributed by atoms with Gasteiger partial charge < -0.3 is 0 Å². The van der Waals surface area contributed by atoms with Crippen molar-refractivity contribution < 1.29 is 26.4 Å². The van der Waals surface area contributed by atoms with Crippen molar-refractivity contribution in [1.29, 1.82) is 0 Å². The lowest BCUT2D eigenvalue weighted by Gasteiger charge is -2.23. The lowest BCUT2D eigenvalue weighted by Crippen LogP contribution is -2.26. The van der Waals surface area contributed by atoms with Crippen LogP contribution >= 0.6 is 0 Å². The monoisotopic (exact) mass is 546 g/mol. The molecular formula is C28H22N2O6S2. The molecule has 0 radical (unpaired) electrons. The van der Waals surface area contributed by atoms with E-state index in [1.54, 1.807) is 24.3 Å². The predicted octanol–water partition coefficient (Wildman–Crippen LogP) is 4.68. The van der Waals surface area contributed by atoms with Crippen molar-refractivity contribution in [3.8, 4) is 0 Å². The number of carbonyl (C=O) groups excluding carboxylic acids is 2. The van der Waals surface area contributed by atoms with Gasteiger partial charge in [0.1, 0.15) is 0 Å². The largest absolute Gasteiger partial charge is 0.289 e.